The van der Waals surface area contributed by atoms with Crippen LogP contribution in [-0.4, -0.2) is 71.5 Å². The molecule has 0 amide bonds. The first-order valence-corrected chi connectivity index (χ1v) is 8.76. The van der Waals surface area contributed by atoms with Crippen molar-refractivity contribution in [2.45, 2.75) is 24.8 Å². The Labute approximate surface area is 179 Å². The van der Waals surface area contributed by atoms with Gasteiger partial charge in [0.15, 0.2) is 5.75 Å². The summed E-state index contributed by atoms with van der Waals surface area (Å²) < 4.78 is 23.3. The number of aromatic nitrogens is 3. The molecular weight excluding hydrogens is 366 g/mol. The van der Waals surface area contributed by atoms with Crippen LogP contribution in [0.1, 0.15) is 16.8 Å². The number of aryl methyl sites for hydroxylation is 1. The van der Waals surface area contributed by atoms with Gasteiger partial charge in [-0.2, -0.15) is 4.98 Å². The molecule has 25 heavy (non-hydrogen) atoms. The van der Waals surface area contributed by atoms with Gasteiger partial charge in [-0.05, 0) is 26.0 Å². The number of nitrogens with one attached hydrogen (secondary N) is 1. The standard InChI is InChI=1S/C17H19N3O3S.Ca.2H/c1-10-8-18-15(11(2)16(10)23-4)9-24(21)17-19-13-6-5-12(22-3)7-14(13)20-17;;;/h5-8H,9H2,1-4H3,(H,19,20);;;. The van der Waals surface area contributed by atoms with Crippen molar-refractivity contribution >= 4 is 59.9 Å². The molecule has 6 nitrogen and oxygen atoms in total. The Bertz CT molecular complexity index is 885. The van der Waals surface area contributed by atoms with Crippen molar-refractivity contribution in [1.29, 1.82) is 0 Å². The van der Waals surface area contributed by atoms with Gasteiger partial charge >= 0.3 is 42.9 Å². The van der Waals surface area contributed by atoms with Crippen molar-refractivity contribution < 1.29 is 14.0 Å². The Hall–Kier alpha value is -0.990. The molecule has 3 aromatic rings. The third kappa shape index (κ3) is 4.23. The van der Waals surface area contributed by atoms with Gasteiger partial charge in [0.25, 0.3) is 0 Å². The van der Waals surface area contributed by atoms with Gasteiger partial charge in [-0.25, -0.2) is 0 Å². The van der Waals surface area contributed by atoms with E-state index in [1.807, 2.05) is 32.0 Å². The molecule has 0 aliphatic heterocycles. The molecule has 8 heteroatoms. The van der Waals surface area contributed by atoms with Crippen LogP contribution in [0.15, 0.2) is 29.6 Å². The summed E-state index contributed by atoms with van der Waals surface area (Å²) in [6, 6.07) is 5.51. The van der Waals surface area contributed by atoms with Crippen LogP contribution < -0.4 is 9.47 Å². The van der Waals surface area contributed by atoms with E-state index in [0.717, 1.165) is 33.6 Å². The number of hydrogen-bond acceptors (Lipinski definition) is 5. The van der Waals surface area contributed by atoms with Crippen molar-refractivity contribution in [1.82, 2.24) is 15.0 Å². The van der Waals surface area contributed by atoms with Gasteiger partial charge in [0.05, 0.1) is 30.9 Å². The SMILES string of the molecule is COc1ccc2[nH]c([S+]([O-])Cc3ncc(C)c(OC)c3C)nc2c1.[CaH2]. The average molecular weight is 388 g/mol. The van der Waals surface area contributed by atoms with Crippen LogP contribution in [0.5, 0.6) is 11.5 Å². The first-order chi connectivity index (χ1) is 11.5. The monoisotopic (exact) mass is 387 g/mol. The van der Waals surface area contributed by atoms with E-state index in [1.165, 1.54) is 0 Å². The first-order valence-electron chi connectivity index (χ1n) is 7.44. The zero-order chi connectivity index (χ0) is 17.3. The second-order valence-corrected chi connectivity index (χ2v) is 6.83. The van der Waals surface area contributed by atoms with Gasteiger partial charge in [0.1, 0.15) is 11.5 Å². The van der Waals surface area contributed by atoms with Crippen LogP contribution in [0.4, 0.5) is 0 Å². The third-order valence-electron chi connectivity index (χ3n) is 3.90. The minimum absolute atomic E-state index is 0. The van der Waals surface area contributed by atoms with Gasteiger partial charge in [-0.1, -0.05) is 0 Å². The molecule has 1 aromatic carbocycles. The van der Waals surface area contributed by atoms with E-state index in [0.29, 0.717) is 10.9 Å². The fraction of sp³-hybridized carbons (Fsp3) is 0.294. The molecule has 0 aliphatic rings. The van der Waals surface area contributed by atoms with Crippen molar-refractivity contribution in [2.75, 3.05) is 14.2 Å². The van der Waals surface area contributed by atoms with Crippen molar-refractivity contribution in [3.63, 3.8) is 0 Å². The summed E-state index contributed by atoms with van der Waals surface area (Å²) in [4.78, 5) is 11.9. The van der Waals surface area contributed by atoms with Crippen LogP contribution in [0.3, 0.4) is 0 Å². The van der Waals surface area contributed by atoms with E-state index >= 15 is 0 Å². The molecule has 0 spiro atoms. The number of hydrogen-bond donors (Lipinski definition) is 1. The summed E-state index contributed by atoms with van der Waals surface area (Å²) in [5.41, 5.74) is 4.16. The Morgan fingerprint density at radius 3 is 2.64 bits per heavy atom. The summed E-state index contributed by atoms with van der Waals surface area (Å²) in [6.45, 7) is 3.86. The molecular formula is C17H21CaN3O3S. The molecule has 1 atom stereocenters. The molecule has 2 aromatic heterocycles. The van der Waals surface area contributed by atoms with Gasteiger partial charge in [-0.3, -0.25) is 9.97 Å². The molecule has 0 saturated carbocycles. The van der Waals surface area contributed by atoms with Gasteiger partial charge in [0.2, 0.25) is 0 Å². The van der Waals surface area contributed by atoms with E-state index in [4.69, 9.17) is 9.47 Å². The van der Waals surface area contributed by atoms with E-state index in [2.05, 4.69) is 15.0 Å². The van der Waals surface area contributed by atoms with Gasteiger partial charge in [0, 0.05) is 34.6 Å². The number of ether oxygens (including phenoxy) is 2. The molecule has 0 radical (unpaired) electrons. The number of aromatic amines is 1. The minimum atomic E-state index is -1.33. The Morgan fingerprint density at radius 2 is 1.96 bits per heavy atom. The second-order valence-electron chi connectivity index (χ2n) is 5.46. The Morgan fingerprint density at radius 1 is 1.20 bits per heavy atom. The molecule has 0 saturated heterocycles. The number of methoxy groups -OCH3 is 2. The predicted molar refractivity (Wildman–Crippen MR) is 102 cm³/mol. The summed E-state index contributed by atoms with van der Waals surface area (Å²) >= 11 is -1.33. The van der Waals surface area contributed by atoms with Crippen LogP contribution in [0.2, 0.25) is 0 Å². The van der Waals surface area contributed by atoms with E-state index in [1.54, 1.807) is 20.4 Å². The summed E-state index contributed by atoms with van der Waals surface area (Å²) in [7, 11) is 3.23. The topological polar surface area (TPSA) is 83.1 Å². The van der Waals surface area contributed by atoms with Crippen LogP contribution >= 0.6 is 0 Å². The summed E-state index contributed by atoms with van der Waals surface area (Å²) in [6.07, 6.45) is 1.74. The Balaban J connectivity index is 0.00000225. The number of H-pyrrole nitrogens is 1. The third-order valence-corrected chi connectivity index (χ3v) is 5.06. The molecule has 2 heterocycles. The molecule has 1 unspecified atom stereocenters. The zero-order valence-electron chi connectivity index (χ0n) is 14.0. The zero-order valence-corrected chi connectivity index (χ0v) is 14.9. The maximum absolute atomic E-state index is 12.7. The molecule has 0 aliphatic carbocycles. The summed E-state index contributed by atoms with van der Waals surface area (Å²) in [5.74, 6) is 1.78. The fourth-order valence-electron chi connectivity index (χ4n) is 2.61. The van der Waals surface area contributed by atoms with Gasteiger partial charge < -0.3 is 14.0 Å². The van der Waals surface area contributed by atoms with E-state index in [9.17, 15) is 4.55 Å². The number of nitrogens with zero attached hydrogens (tertiary/aromatic N) is 2. The number of benzene rings is 1. The maximum atomic E-state index is 12.7. The normalized spacial score (nSPS) is 11.9. The van der Waals surface area contributed by atoms with Crippen LogP contribution in [0, 0.1) is 13.8 Å². The number of rotatable bonds is 5. The van der Waals surface area contributed by atoms with Crippen molar-refractivity contribution in [2.24, 2.45) is 0 Å². The quantitative estimate of drug-likeness (QED) is 0.535. The number of imidazole rings is 1. The number of fused-ring (bicyclic) bond motifs is 1. The average Bonchev–Trinajstić information content (AvgIpc) is 3.01. The second kappa shape index (κ2) is 8.60. The van der Waals surface area contributed by atoms with E-state index < -0.39 is 11.2 Å². The number of pyridine rings is 1. The predicted octanol–water partition coefficient (Wildman–Crippen LogP) is 1.98. The van der Waals surface area contributed by atoms with Crippen LogP contribution in [0.25, 0.3) is 11.0 Å². The molecule has 3 rings (SSSR count). The van der Waals surface area contributed by atoms with Crippen molar-refractivity contribution in [3.8, 4) is 11.5 Å². The Kier molecular flexibility index (Phi) is 6.99. The summed E-state index contributed by atoms with van der Waals surface area (Å²) in [5, 5.41) is 0.430. The molecule has 130 valence electrons. The van der Waals surface area contributed by atoms with E-state index in [-0.39, 0.29) is 43.5 Å². The fourth-order valence-corrected chi connectivity index (χ4v) is 3.71. The molecule has 0 bridgehead atoms. The molecule has 0 fully saturated rings. The van der Waals surface area contributed by atoms with Crippen molar-refractivity contribution in [3.05, 3.63) is 41.2 Å². The van der Waals surface area contributed by atoms with Crippen LogP contribution in [-0.2, 0) is 16.9 Å². The van der Waals surface area contributed by atoms with Gasteiger partial charge in [-0.15, -0.1) is 0 Å². The first kappa shape index (κ1) is 20.3. The molecule has 1 N–H and O–H groups in total.